The van der Waals surface area contributed by atoms with Gasteiger partial charge in [-0.3, -0.25) is 9.34 Å². The zero-order valence-corrected chi connectivity index (χ0v) is 24.6. The van der Waals surface area contributed by atoms with E-state index in [1.54, 1.807) is 0 Å². The molecule has 0 amide bonds. The predicted molar refractivity (Wildman–Crippen MR) is 158 cm³/mol. The van der Waals surface area contributed by atoms with E-state index in [0.717, 1.165) is 26.2 Å². The molecule has 0 aliphatic carbocycles. The minimum atomic E-state index is -0.670. The zero-order chi connectivity index (χ0) is 25.9. The van der Waals surface area contributed by atoms with Crippen LogP contribution in [0.3, 0.4) is 0 Å². The SMILES string of the molecule is CCN(CC)P(c1c(-c2c(C)cc(C)cc2C)cccc1-c1c(C)cc(C)cc1C)N(CC)CC. The minimum absolute atomic E-state index is 0.670. The van der Waals surface area contributed by atoms with E-state index in [1.807, 2.05) is 0 Å². The molecule has 0 aromatic heterocycles. The second-order valence-electron chi connectivity index (χ2n) is 9.82. The Kier molecular flexibility index (Phi) is 9.33. The molecule has 2 nitrogen and oxygen atoms in total. The summed E-state index contributed by atoms with van der Waals surface area (Å²) >= 11 is 0. The van der Waals surface area contributed by atoms with E-state index in [1.165, 1.54) is 60.9 Å². The van der Waals surface area contributed by atoms with Crippen molar-refractivity contribution >= 4 is 13.5 Å². The highest BCUT2D eigenvalue weighted by Crippen LogP contribution is 2.49. The fourth-order valence-corrected chi connectivity index (χ4v) is 8.62. The van der Waals surface area contributed by atoms with Crippen LogP contribution in [-0.2, 0) is 0 Å². The van der Waals surface area contributed by atoms with Crippen LogP contribution in [0.15, 0.2) is 42.5 Å². The van der Waals surface area contributed by atoms with E-state index < -0.39 is 8.22 Å². The molecule has 0 radical (unpaired) electrons. The molecule has 188 valence electrons. The number of hydrogen-bond donors (Lipinski definition) is 0. The molecule has 0 heterocycles. The molecular formula is C32H45N2P. The van der Waals surface area contributed by atoms with Crippen LogP contribution in [0.25, 0.3) is 22.3 Å². The molecule has 35 heavy (non-hydrogen) atoms. The van der Waals surface area contributed by atoms with Crippen LogP contribution < -0.4 is 5.30 Å². The second-order valence-corrected chi connectivity index (χ2v) is 12.0. The summed E-state index contributed by atoms with van der Waals surface area (Å²) in [5.41, 5.74) is 13.8. The summed E-state index contributed by atoms with van der Waals surface area (Å²) in [6, 6.07) is 16.4. The Morgan fingerprint density at radius 1 is 0.543 bits per heavy atom. The molecule has 0 unspecified atom stereocenters. The monoisotopic (exact) mass is 488 g/mol. The summed E-state index contributed by atoms with van der Waals surface area (Å²) in [7, 11) is -0.670. The number of aryl methyl sites for hydroxylation is 6. The summed E-state index contributed by atoms with van der Waals surface area (Å²) in [6.07, 6.45) is 0. The number of benzene rings is 3. The van der Waals surface area contributed by atoms with Gasteiger partial charge in [0, 0.05) is 31.5 Å². The molecular weight excluding hydrogens is 443 g/mol. The number of hydrogen-bond acceptors (Lipinski definition) is 2. The first kappa shape index (κ1) is 27.6. The van der Waals surface area contributed by atoms with Crippen LogP contribution >= 0.6 is 8.22 Å². The maximum atomic E-state index is 2.70. The fourth-order valence-electron chi connectivity index (χ4n) is 5.82. The zero-order valence-electron chi connectivity index (χ0n) is 23.7. The summed E-state index contributed by atoms with van der Waals surface area (Å²) in [4.78, 5) is 0. The molecule has 0 saturated carbocycles. The smallest absolute Gasteiger partial charge is 0.0736 e. The second kappa shape index (κ2) is 11.8. The Morgan fingerprint density at radius 2 is 0.857 bits per heavy atom. The third kappa shape index (κ3) is 5.56. The normalized spacial score (nSPS) is 11.8. The van der Waals surface area contributed by atoms with Gasteiger partial charge >= 0.3 is 0 Å². The van der Waals surface area contributed by atoms with Gasteiger partial charge in [-0.25, -0.2) is 0 Å². The van der Waals surface area contributed by atoms with E-state index in [-0.39, 0.29) is 0 Å². The highest BCUT2D eigenvalue weighted by atomic mass is 31.1. The first-order valence-corrected chi connectivity index (χ1v) is 14.5. The van der Waals surface area contributed by atoms with Gasteiger partial charge in [-0.05, 0) is 86.1 Å². The standard InChI is InChI=1S/C32H45N2P/c1-11-33(12-2)35(34(13-3)14-4)32-28(30-24(7)18-22(5)19-25(30)8)16-15-17-29(32)31-26(9)20-23(6)21-27(31)10/h15-21H,11-14H2,1-10H3. The van der Waals surface area contributed by atoms with Crippen molar-refractivity contribution in [2.75, 3.05) is 26.2 Å². The molecule has 0 spiro atoms. The molecule has 0 aliphatic rings. The molecule has 3 rings (SSSR count). The van der Waals surface area contributed by atoms with Crippen LogP contribution in [0, 0.1) is 41.5 Å². The van der Waals surface area contributed by atoms with Gasteiger partial charge in [0.2, 0.25) is 0 Å². The lowest BCUT2D eigenvalue weighted by Gasteiger charge is -2.40. The Hall–Kier alpha value is -1.99. The highest BCUT2D eigenvalue weighted by molar-refractivity contribution is 7.61. The molecule has 0 N–H and O–H groups in total. The highest BCUT2D eigenvalue weighted by Gasteiger charge is 2.31. The first-order chi connectivity index (χ1) is 16.7. The van der Waals surface area contributed by atoms with Gasteiger partial charge in [0.15, 0.2) is 0 Å². The quantitative estimate of drug-likeness (QED) is 0.279. The van der Waals surface area contributed by atoms with Crippen molar-refractivity contribution in [3.05, 3.63) is 75.8 Å². The third-order valence-electron chi connectivity index (χ3n) is 7.12. The molecule has 0 fully saturated rings. The Labute approximate surface area is 216 Å². The Balaban J connectivity index is 2.51. The maximum absolute atomic E-state index is 2.70. The van der Waals surface area contributed by atoms with Crippen molar-refractivity contribution in [3.63, 3.8) is 0 Å². The lowest BCUT2D eigenvalue weighted by molar-refractivity contribution is 0.430. The van der Waals surface area contributed by atoms with Gasteiger partial charge in [0.1, 0.15) is 0 Å². The third-order valence-corrected chi connectivity index (χ3v) is 10.2. The lowest BCUT2D eigenvalue weighted by atomic mass is 9.89. The molecule has 0 bridgehead atoms. The Bertz CT molecular complexity index is 1040. The largest absolute Gasteiger partial charge is 0.267 e. The van der Waals surface area contributed by atoms with Gasteiger partial charge in [0.05, 0.1) is 8.22 Å². The summed E-state index contributed by atoms with van der Waals surface area (Å²) in [5.74, 6) is 0. The van der Waals surface area contributed by atoms with Gasteiger partial charge < -0.3 is 0 Å². The molecule has 3 heteroatoms. The van der Waals surface area contributed by atoms with E-state index >= 15 is 0 Å². The van der Waals surface area contributed by atoms with E-state index in [2.05, 4.69) is 121 Å². The van der Waals surface area contributed by atoms with Crippen molar-refractivity contribution in [3.8, 4) is 22.3 Å². The Morgan fingerprint density at radius 3 is 1.14 bits per heavy atom. The van der Waals surface area contributed by atoms with Crippen molar-refractivity contribution in [2.24, 2.45) is 0 Å². The molecule has 3 aromatic carbocycles. The number of rotatable bonds is 9. The van der Waals surface area contributed by atoms with Crippen molar-refractivity contribution in [1.82, 2.24) is 9.34 Å². The van der Waals surface area contributed by atoms with Gasteiger partial charge in [-0.2, -0.15) is 0 Å². The van der Waals surface area contributed by atoms with Crippen molar-refractivity contribution in [1.29, 1.82) is 0 Å². The minimum Gasteiger partial charge on any atom is -0.267 e. The summed E-state index contributed by atoms with van der Waals surface area (Å²) in [5, 5.41) is 1.51. The van der Waals surface area contributed by atoms with Crippen LogP contribution in [0.4, 0.5) is 0 Å². The van der Waals surface area contributed by atoms with Crippen LogP contribution in [0.5, 0.6) is 0 Å². The molecule has 0 saturated heterocycles. The maximum Gasteiger partial charge on any atom is 0.0736 e. The molecule has 0 aliphatic heterocycles. The lowest BCUT2D eigenvalue weighted by Crippen LogP contribution is -2.35. The predicted octanol–water partition coefficient (Wildman–Crippen LogP) is 8.49. The first-order valence-electron chi connectivity index (χ1n) is 13.3. The van der Waals surface area contributed by atoms with Gasteiger partial charge in [-0.1, -0.05) is 81.3 Å². The van der Waals surface area contributed by atoms with Crippen molar-refractivity contribution < 1.29 is 0 Å². The van der Waals surface area contributed by atoms with Crippen LogP contribution in [0.1, 0.15) is 61.1 Å². The fraction of sp³-hybridized carbons (Fsp3) is 0.438. The van der Waals surface area contributed by atoms with E-state index in [4.69, 9.17) is 0 Å². The number of nitrogens with zero attached hydrogens (tertiary/aromatic N) is 2. The van der Waals surface area contributed by atoms with Gasteiger partial charge in [0.25, 0.3) is 0 Å². The summed E-state index contributed by atoms with van der Waals surface area (Å²) in [6.45, 7) is 27.0. The van der Waals surface area contributed by atoms with Crippen molar-refractivity contribution in [2.45, 2.75) is 69.2 Å². The van der Waals surface area contributed by atoms with E-state index in [9.17, 15) is 0 Å². The average Bonchev–Trinajstić information content (AvgIpc) is 2.78. The average molecular weight is 489 g/mol. The molecule has 3 aromatic rings. The van der Waals surface area contributed by atoms with Crippen LogP contribution in [0.2, 0.25) is 0 Å². The molecule has 0 atom stereocenters. The van der Waals surface area contributed by atoms with E-state index in [0.29, 0.717) is 0 Å². The van der Waals surface area contributed by atoms with Crippen LogP contribution in [-0.4, -0.2) is 35.5 Å². The van der Waals surface area contributed by atoms with Gasteiger partial charge in [-0.15, -0.1) is 0 Å². The summed E-state index contributed by atoms with van der Waals surface area (Å²) < 4.78 is 5.39. The topological polar surface area (TPSA) is 6.48 Å².